The Kier molecular flexibility index (Phi) is 6.17. The predicted octanol–water partition coefficient (Wildman–Crippen LogP) is 5.30. The molecule has 0 radical (unpaired) electrons. The Balaban J connectivity index is 2.24. The van der Waals surface area contributed by atoms with Crippen LogP contribution < -0.4 is 10.6 Å². The second kappa shape index (κ2) is 8.20. The SMILES string of the molecule is CC(C)(C)OC(=O)Nc1ccc(C(F)(F)F)cc1NC(=O)/C=C/c1ccco1. The third-order valence-corrected chi connectivity index (χ3v) is 3.18. The lowest BCUT2D eigenvalue weighted by atomic mass is 10.1. The third-order valence-electron chi connectivity index (χ3n) is 3.18. The molecule has 0 saturated carbocycles. The van der Waals surface area contributed by atoms with Gasteiger partial charge in [-0.1, -0.05) is 0 Å². The van der Waals surface area contributed by atoms with Crippen LogP contribution in [0, 0.1) is 0 Å². The van der Waals surface area contributed by atoms with Crippen LogP contribution in [0.25, 0.3) is 6.08 Å². The molecule has 0 fully saturated rings. The number of rotatable bonds is 4. The summed E-state index contributed by atoms with van der Waals surface area (Å²) in [7, 11) is 0. The number of amides is 2. The maximum Gasteiger partial charge on any atom is 0.416 e. The van der Waals surface area contributed by atoms with Gasteiger partial charge in [0.1, 0.15) is 11.4 Å². The van der Waals surface area contributed by atoms with Gasteiger partial charge in [-0.3, -0.25) is 10.1 Å². The normalized spacial score (nSPS) is 12.1. The summed E-state index contributed by atoms with van der Waals surface area (Å²) < 4.78 is 49.1. The number of carbonyl (C=O) groups excluding carboxylic acids is 2. The zero-order valence-electron chi connectivity index (χ0n) is 15.4. The van der Waals surface area contributed by atoms with Crippen molar-refractivity contribution in [2.45, 2.75) is 32.5 Å². The van der Waals surface area contributed by atoms with Crippen LogP contribution in [0.5, 0.6) is 0 Å². The number of carbonyl (C=O) groups is 2. The van der Waals surface area contributed by atoms with Gasteiger partial charge in [0.15, 0.2) is 0 Å². The summed E-state index contributed by atoms with van der Waals surface area (Å²) in [6, 6.07) is 5.78. The van der Waals surface area contributed by atoms with Gasteiger partial charge in [-0.15, -0.1) is 0 Å². The number of halogens is 3. The number of furan rings is 1. The molecule has 150 valence electrons. The molecule has 2 amide bonds. The molecule has 0 atom stereocenters. The summed E-state index contributed by atoms with van der Waals surface area (Å²) in [5, 5.41) is 4.65. The molecule has 0 saturated heterocycles. The first-order valence-corrected chi connectivity index (χ1v) is 8.18. The van der Waals surface area contributed by atoms with Gasteiger partial charge in [-0.2, -0.15) is 13.2 Å². The standard InChI is InChI=1S/C19H19F3N2O4/c1-18(2,3)28-17(26)24-14-8-6-12(19(20,21)22)11-15(14)23-16(25)9-7-13-5-4-10-27-13/h4-11H,1-3H3,(H,23,25)(H,24,26)/b9-7+. The number of ether oxygens (including phenoxy) is 1. The van der Waals surface area contributed by atoms with Gasteiger partial charge in [-0.25, -0.2) is 4.79 Å². The predicted molar refractivity (Wildman–Crippen MR) is 97.7 cm³/mol. The summed E-state index contributed by atoms with van der Waals surface area (Å²) in [5.41, 5.74) is -2.05. The van der Waals surface area contributed by atoms with Gasteiger partial charge in [-0.05, 0) is 57.2 Å². The van der Waals surface area contributed by atoms with E-state index in [1.165, 1.54) is 12.3 Å². The van der Waals surface area contributed by atoms with Gasteiger partial charge in [0.2, 0.25) is 5.91 Å². The van der Waals surface area contributed by atoms with Crippen molar-refractivity contribution in [1.82, 2.24) is 0 Å². The maximum atomic E-state index is 13.0. The zero-order valence-corrected chi connectivity index (χ0v) is 15.4. The van der Waals surface area contributed by atoms with Crippen LogP contribution in [0.4, 0.5) is 29.3 Å². The fourth-order valence-electron chi connectivity index (χ4n) is 2.06. The lowest BCUT2D eigenvalue weighted by Crippen LogP contribution is -2.27. The Morgan fingerprint density at radius 2 is 1.79 bits per heavy atom. The zero-order chi connectivity index (χ0) is 20.9. The highest BCUT2D eigenvalue weighted by molar-refractivity contribution is 6.05. The van der Waals surface area contributed by atoms with E-state index in [-0.39, 0.29) is 11.4 Å². The second-order valence-corrected chi connectivity index (χ2v) is 6.72. The third kappa shape index (κ3) is 6.49. The molecule has 0 aliphatic rings. The van der Waals surface area contributed by atoms with Crippen LogP contribution in [0.15, 0.2) is 47.1 Å². The average Bonchev–Trinajstić information content (AvgIpc) is 3.05. The number of anilines is 2. The molecule has 6 nitrogen and oxygen atoms in total. The summed E-state index contributed by atoms with van der Waals surface area (Å²) in [5.74, 6) is -0.311. The maximum absolute atomic E-state index is 13.0. The highest BCUT2D eigenvalue weighted by Gasteiger charge is 2.31. The van der Waals surface area contributed by atoms with Crippen LogP contribution in [0.2, 0.25) is 0 Å². The van der Waals surface area contributed by atoms with Crippen LogP contribution in [0.3, 0.4) is 0 Å². The first-order valence-electron chi connectivity index (χ1n) is 8.18. The lowest BCUT2D eigenvalue weighted by molar-refractivity contribution is -0.137. The molecule has 0 spiro atoms. The van der Waals surface area contributed by atoms with E-state index in [1.54, 1.807) is 32.9 Å². The molecular weight excluding hydrogens is 377 g/mol. The van der Waals surface area contributed by atoms with Crippen LogP contribution in [-0.2, 0) is 15.7 Å². The van der Waals surface area contributed by atoms with Gasteiger partial charge in [0, 0.05) is 6.08 Å². The van der Waals surface area contributed by atoms with Gasteiger partial charge in [0.25, 0.3) is 0 Å². The van der Waals surface area contributed by atoms with Gasteiger partial charge >= 0.3 is 12.3 Å². The molecule has 0 bridgehead atoms. The van der Waals surface area contributed by atoms with Crippen molar-refractivity contribution in [2.24, 2.45) is 0 Å². The summed E-state index contributed by atoms with van der Waals surface area (Å²) in [6.07, 6.45) is -1.63. The van der Waals surface area contributed by atoms with Crippen LogP contribution >= 0.6 is 0 Å². The summed E-state index contributed by atoms with van der Waals surface area (Å²) in [6.45, 7) is 4.92. The second-order valence-electron chi connectivity index (χ2n) is 6.72. The average molecular weight is 396 g/mol. The van der Waals surface area contributed by atoms with E-state index in [1.807, 2.05) is 0 Å². The largest absolute Gasteiger partial charge is 0.465 e. The minimum Gasteiger partial charge on any atom is -0.465 e. The number of nitrogens with one attached hydrogen (secondary N) is 2. The smallest absolute Gasteiger partial charge is 0.416 e. The van der Waals surface area contributed by atoms with Crippen LogP contribution in [0.1, 0.15) is 32.1 Å². The van der Waals surface area contributed by atoms with Gasteiger partial charge in [0.05, 0.1) is 23.2 Å². The molecule has 1 aromatic carbocycles. The van der Waals surface area contributed by atoms with E-state index in [2.05, 4.69) is 10.6 Å². The molecule has 0 aliphatic heterocycles. The first kappa shape index (κ1) is 21.1. The highest BCUT2D eigenvalue weighted by Crippen LogP contribution is 2.34. The molecule has 1 aromatic heterocycles. The fraction of sp³-hybridized carbons (Fsp3) is 0.263. The minimum absolute atomic E-state index is 0.0398. The lowest BCUT2D eigenvalue weighted by Gasteiger charge is -2.21. The van der Waals surface area contributed by atoms with Crippen molar-refractivity contribution in [1.29, 1.82) is 0 Å². The summed E-state index contributed by atoms with van der Waals surface area (Å²) in [4.78, 5) is 24.0. The number of benzene rings is 1. The van der Waals surface area contributed by atoms with Gasteiger partial charge < -0.3 is 14.5 Å². The van der Waals surface area contributed by atoms with Crippen molar-refractivity contribution < 1.29 is 31.9 Å². The van der Waals surface area contributed by atoms with Crippen molar-refractivity contribution in [2.75, 3.05) is 10.6 Å². The van der Waals surface area contributed by atoms with E-state index in [0.717, 1.165) is 24.3 Å². The molecule has 2 N–H and O–H groups in total. The number of hydrogen-bond acceptors (Lipinski definition) is 4. The Morgan fingerprint density at radius 3 is 2.36 bits per heavy atom. The Hall–Kier alpha value is -3.23. The Morgan fingerprint density at radius 1 is 1.07 bits per heavy atom. The molecule has 9 heteroatoms. The fourth-order valence-corrected chi connectivity index (χ4v) is 2.06. The topological polar surface area (TPSA) is 80.6 Å². The van der Waals surface area contributed by atoms with Crippen LogP contribution in [-0.4, -0.2) is 17.6 Å². The molecule has 2 rings (SSSR count). The highest BCUT2D eigenvalue weighted by atomic mass is 19.4. The molecular formula is C19H19F3N2O4. The Labute approximate surface area is 159 Å². The molecule has 0 unspecified atom stereocenters. The van der Waals surface area contributed by atoms with E-state index in [0.29, 0.717) is 5.76 Å². The number of alkyl halides is 3. The minimum atomic E-state index is -4.62. The summed E-state index contributed by atoms with van der Waals surface area (Å²) >= 11 is 0. The van der Waals surface area contributed by atoms with E-state index < -0.39 is 29.3 Å². The molecule has 2 aromatic rings. The van der Waals surface area contributed by atoms with Crippen molar-refractivity contribution in [3.63, 3.8) is 0 Å². The van der Waals surface area contributed by atoms with E-state index in [9.17, 15) is 22.8 Å². The molecule has 1 heterocycles. The molecule has 0 aliphatic carbocycles. The number of hydrogen-bond donors (Lipinski definition) is 2. The van der Waals surface area contributed by atoms with E-state index >= 15 is 0 Å². The van der Waals surface area contributed by atoms with Crippen molar-refractivity contribution >= 4 is 29.5 Å². The van der Waals surface area contributed by atoms with E-state index in [4.69, 9.17) is 9.15 Å². The van der Waals surface area contributed by atoms with Crippen molar-refractivity contribution in [3.8, 4) is 0 Å². The first-order chi connectivity index (χ1) is 12.9. The molecule has 28 heavy (non-hydrogen) atoms. The van der Waals surface area contributed by atoms with Crippen molar-refractivity contribution in [3.05, 3.63) is 54.0 Å². The monoisotopic (exact) mass is 396 g/mol. The quantitative estimate of drug-likeness (QED) is 0.688. The Bertz CT molecular complexity index is 866.